The molecule has 21 heavy (non-hydrogen) atoms. The number of hydrogen-bond donors (Lipinski definition) is 3. The van der Waals surface area contributed by atoms with E-state index in [0.29, 0.717) is 22.7 Å². The number of H-pyrrole nitrogens is 2. The van der Waals surface area contributed by atoms with Crippen LogP contribution in [0.2, 0.25) is 0 Å². The molecule has 1 unspecified atom stereocenters. The Morgan fingerprint density at radius 2 is 1.86 bits per heavy atom. The van der Waals surface area contributed by atoms with Crippen LogP contribution in [0.1, 0.15) is 12.8 Å². The molecule has 3 aliphatic rings. The fraction of sp³-hybridized carbons (Fsp3) is 0.467. The van der Waals surface area contributed by atoms with Gasteiger partial charge in [-0.1, -0.05) is 6.07 Å². The number of aromatic amines is 2. The van der Waals surface area contributed by atoms with Crippen LogP contribution in [0.3, 0.4) is 0 Å². The van der Waals surface area contributed by atoms with Crippen molar-refractivity contribution in [2.24, 2.45) is 5.92 Å². The number of piperidine rings is 3. The van der Waals surface area contributed by atoms with Gasteiger partial charge in [0, 0.05) is 18.3 Å². The van der Waals surface area contributed by atoms with Crippen molar-refractivity contribution in [2.75, 3.05) is 25.0 Å². The summed E-state index contributed by atoms with van der Waals surface area (Å²) in [5.41, 5.74) is 0.245. The average molecular weight is 286 g/mol. The number of benzene rings is 1. The van der Waals surface area contributed by atoms with Crippen LogP contribution in [-0.2, 0) is 0 Å². The predicted molar refractivity (Wildman–Crippen MR) is 81.8 cm³/mol. The molecule has 0 amide bonds. The summed E-state index contributed by atoms with van der Waals surface area (Å²) >= 11 is 0. The first kappa shape index (κ1) is 12.6. The lowest BCUT2D eigenvalue weighted by atomic mass is 9.84. The normalized spacial score (nSPS) is 27.9. The van der Waals surface area contributed by atoms with E-state index in [1.165, 1.54) is 25.9 Å². The molecule has 3 fully saturated rings. The Bertz CT molecular complexity index is 786. The van der Waals surface area contributed by atoms with Crippen LogP contribution in [0, 0.1) is 5.92 Å². The van der Waals surface area contributed by atoms with Gasteiger partial charge in [0.2, 0.25) is 0 Å². The van der Waals surface area contributed by atoms with Crippen molar-refractivity contribution in [1.82, 2.24) is 15.1 Å². The number of rotatable bonds is 2. The van der Waals surface area contributed by atoms with E-state index in [2.05, 4.69) is 20.4 Å². The van der Waals surface area contributed by atoms with Gasteiger partial charge in [-0.15, -0.1) is 0 Å². The molecule has 0 aliphatic carbocycles. The van der Waals surface area contributed by atoms with E-state index in [0.717, 1.165) is 12.2 Å². The van der Waals surface area contributed by atoms with Crippen LogP contribution >= 0.6 is 0 Å². The zero-order chi connectivity index (χ0) is 14.4. The zero-order valence-corrected chi connectivity index (χ0v) is 11.7. The van der Waals surface area contributed by atoms with Crippen molar-refractivity contribution in [3.8, 4) is 0 Å². The summed E-state index contributed by atoms with van der Waals surface area (Å²) in [6.07, 6.45) is 2.42. The molecule has 4 heterocycles. The third-order valence-electron chi connectivity index (χ3n) is 4.82. The van der Waals surface area contributed by atoms with E-state index in [1.54, 1.807) is 6.07 Å². The van der Waals surface area contributed by atoms with Crippen molar-refractivity contribution in [3.05, 3.63) is 38.9 Å². The van der Waals surface area contributed by atoms with E-state index < -0.39 is 0 Å². The van der Waals surface area contributed by atoms with Crippen LogP contribution in [0.15, 0.2) is 27.8 Å². The van der Waals surface area contributed by atoms with Crippen LogP contribution in [0.5, 0.6) is 0 Å². The average Bonchev–Trinajstić information content (AvgIpc) is 2.52. The minimum absolute atomic E-state index is 0.256. The zero-order valence-electron chi connectivity index (χ0n) is 11.7. The molecule has 6 nitrogen and oxygen atoms in total. The Balaban J connectivity index is 1.76. The first-order valence-electron chi connectivity index (χ1n) is 7.45. The highest BCUT2D eigenvalue weighted by molar-refractivity contribution is 5.92. The van der Waals surface area contributed by atoms with Crippen molar-refractivity contribution < 1.29 is 0 Å². The lowest BCUT2D eigenvalue weighted by molar-refractivity contribution is 0.0976. The molecule has 2 bridgehead atoms. The van der Waals surface area contributed by atoms with Gasteiger partial charge in [-0.2, -0.15) is 0 Å². The molecular weight excluding hydrogens is 268 g/mol. The van der Waals surface area contributed by atoms with Gasteiger partial charge in [0.05, 0.1) is 10.8 Å². The van der Waals surface area contributed by atoms with E-state index >= 15 is 0 Å². The Labute approximate surface area is 121 Å². The number of anilines is 1. The second kappa shape index (κ2) is 4.73. The molecule has 0 saturated carbocycles. The summed E-state index contributed by atoms with van der Waals surface area (Å²) < 4.78 is 0. The summed E-state index contributed by atoms with van der Waals surface area (Å²) in [4.78, 5) is 26.4. The lowest BCUT2D eigenvalue weighted by Crippen LogP contribution is -2.53. The van der Waals surface area contributed by atoms with Gasteiger partial charge >= 0.3 is 0 Å². The number of aromatic nitrogens is 2. The number of hydrogen-bond acceptors (Lipinski definition) is 4. The molecule has 3 aliphatic heterocycles. The first-order valence-corrected chi connectivity index (χ1v) is 7.45. The van der Waals surface area contributed by atoms with Gasteiger partial charge in [0.1, 0.15) is 0 Å². The first-order chi connectivity index (χ1) is 10.2. The van der Waals surface area contributed by atoms with Gasteiger partial charge in [0.15, 0.2) is 0 Å². The highest BCUT2D eigenvalue weighted by atomic mass is 16.1. The second-order valence-corrected chi connectivity index (χ2v) is 6.03. The molecule has 3 N–H and O–H groups in total. The highest BCUT2D eigenvalue weighted by Gasteiger charge is 2.34. The summed E-state index contributed by atoms with van der Waals surface area (Å²) in [7, 11) is 0. The molecule has 1 atom stereocenters. The summed E-state index contributed by atoms with van der Waals surface area (Å²) in [5, 5.41) is 9.18. The maximum Gasteiger partial charge on any atom is 0.272 e. The van der Waals surface area contributed by atoms with E-state index in [4.69, 9.17) is 0 Å². The summed E-state index contributed by atoms with van der Waals surface area (Å²) in [6.45, 7) is 3.37. The second-order valence-electron chi connectivity index (χ2n) is 6.03. The van der Waals surface area contributed by atoms with Crippen molar-refractivity contribution >= 4 is 16.5 Å². The van der Waals surface area contributed by atoms with Crippen LogP contribution in [0.25, 0.3) is 10.8 Å². The third kappa shape index (κ3) is 2.06. The fourth-order valence-corrected chi connectivity index (χ4v) is 3.68. The van der Waals surface area contributed by atoms with Gasteiger partial charge in [0.25, 0.3) is 11.1 Å². The van der Waals surface area contributed by atoms with Gasteiger partial charge in [-0.3, -0.25) is 19.8 Å². The molecule has 5 rings (SSSR count). The Morgan fingerprint density at radius 3 is 2.57 bits per heavy atom. The Morgan fingerprint density at radius 1 is 1.10 bits per heavy atom. The topological polar surface area (TPSA) is 81.0 Å². The molecule has 0 radical (unpaired) electrons. The highest BCUT2D eigenvalue weighted by Crippen LogP contribution is 2.30. The Kier molecular flexibility index (Phi) is 2.85. The maximum atomic E-state index is 12.1. The van der Waals surface area contributed by atoms with E-state index in [1.807, 2.05) is 12.1 Å². The molecule has 0 spiro atoms. The SMILES string of the molecule is O=c1[nH][nH]c(=O)c2c(NC3CN4CCC3CC4)cccc12. The number of fused-ring (bicyclic) bond motifs is 4. The molecule has 2 aromatic rings. The lowest BCUT2D eigenvalue weighted by Gasteiger charge is -2.45. The quantitative estimate of drug-likeness (QED) is 0.760. The van der Waals surface area contributed by atoms with Crippen LogP contribution in [0.4, 0.5) is 5.69 Å². The number of nitrogens with one attached hydrogen (secondary N) is 3. The monoisotopic (exact) mass is 286 g/mol. The van der Waals surface area contributed by atoms with Gasteiger partial charge in [-0.05, 0) is 44.0 Å². The van der Waals surface area contributed by atoms with Crippen molar-refractivity contribution in [1.29, 1.82) is 0 Å². The molecule has 110 valence electrons. The summed E-state index contributed by atoms with van der Waals surface area (Å²) in [6, 6.07) is 5.75. The van der Waals surface area contributed by atoms with Crippen LogP contribution in [-0.4, -0.2) is 40.8 Å². The van der Waals surface area contributed by atoms with E-state index in [9.17, 15) is 9.59 Å². The van der Waals surface area contributed by atoms with E-state index in [-0.39, 0.29) is 11.1 Å². The largest absolute Gasteiger partial charge is 0.380 e. The standard InChI is InChI=1S/C15H18N4O2/c20-14-10-2-1-3-11(13(10)15(21)18-17-14)16-12-8-19-6-4-9(12)5-7-19/h1-3,9,12,16H,4-8H2,(H,17,20)(H,18,21). The minimum Gasteiger partial charge on any atom is -0.380 e. The van der Waals surface area contributed by atoms with Crippen LogP contribution < -0.4 is 16.4 Å². The third-order valence-corrected chi connectivity index (χ3v) is 4.82. The smallest absolute Gasteiger partial charge is 0.272 e. The molecule has 6 heteroatoms. The molecule has 1 aromatic heterocycles. The predicted octanol–water partition coefficient (Wildman–Crippen LogP) is 0.722. The van der Waals surface area contributed by atoms with Gasteiger partial charge < -0.3 is 10.2 Å². The Hall–Kier alpha value is -2.08. The fourth-order valence-electron chi connectivity index (χ4n) is 3.68. The number of nitrogens with zero attached hydrogens (tertiary/aromatic N) is 1. The minimum atomic E-state index is -0.262. The maximum absolute atomic E-state index is 12.1. The molecule has 3 saturated heterocycles. The van der Waals surface area contributed by atoms with Gasteiger partial charge in [-0.25, -0.2) is 0 Å². The van der Waals surface area contributed by atoms with Crippen molar-refractivity contribution in [2.45, 2.75) is 18.9 Å². The summed E-state index contributed by atoms with van der Waals surface area (Å²) in [5.74, 6) is 0.659. The van der Waals surface area contributed by atoms with Crippen molar-refractivity contribution in [3.63, 3.8) is 0 Å². The molecule has 1 aromatic carbocycles. The molecular formula is C15H18N4O2.